The molecule has 0 aromatic heterocycles. The van der Waals surface area contributed by atoms with E-state index >= 15 is 0 Å². The molecule has 0 aromatic carbocycles. The minimum absolute atomic E-state index is 0.450. The van der Waals surface area contributed by atoms with Crippen LogP contribution in [0.2, 0.25) is 0 Å². The van der Waals surface area contributed by atoms with Crippen molar-refractivity contribution >= 4 is 5.84 Å². The van der Waals surface area contributed by atoms with Crippen LogP contribution in [0.15, 0.2) is 4.99 Å². The number of hydrogen-bond acceptors (Lipinski definition) is 3. The van der Waals surface area contributed by atoms with Crippen LogP contribution < -0.4 is 5.73 Å². The Labute approximate surface area is 35.8 Å². The van der Waals surface area contributed by atoms with Gasteiger partial charge in [-0.15, -0.1) is 0 Å². The molecule has 0 aliphatic carbocycles. The summed E-state index contributed by atoms with van der Waals surface area (Å²) in [5, 5.41) is 0. The molecular weight excluding hydrogens is 80.0 g/mol. The molecule has 0 aromatic rings. The normalized spacial score (nSPS) is 21.0. The Morgan fingerprint density at radius 1 is 1.83 bits per heavy atom. The fourth-order valence-electron chi connectivity index (χ4n) is 0.324. The molecule has 0 radical (unpaired) electrons. The van der Waals surface area contributed by atoms with E-state index in [-0.39, 0.29) is 0 Å². The average molecular weight is 86.1 g/mol. The first-order chi connectivity index (χ1) is 2.89. The molecule has 1 aliphatic rings. The van der Waals surface area contributed by atoms with Gasteiger partial charge in [0.15, 0.2) is 0 Å². The summed E-state index contributed by atoms with van der Waals surface area (Å²) >= 11 is 0. The van der Waals surface area contributed by atoms with Crippen molar-refractivity contribution in [2.24, 2.45) is 10.7 Å². The second kappa shape index (κ2) is 1.26. The second-order valence-electron chi connectivity index (χ2n) is 1.13. The lowest BCUT2D eigenvalue weighted by molar-refractivity contribution is 0.202. The summed E-state index contributed by atoms with van der Waals surface area (Å²) in [7, 11) is 0. The minimum Gasteiger partial charge on any atom is -0.385 e. The van der Waals surface area contributed by atoms with Gasteiger partial charge < -0.3 is 10.5 Å². The van der Waals surface area contributed by atoms with Gasteiger partial charge in [-0.1, -0.05) is 0 Å². The third-order valence-electron chi connectivity index (χ3n) is 0.609. The van der Waals surface area contributed by atoms with Crippen LogP contribution in [-0.2, 0) is 4.74 Å². The fourth-order valence-corrected chi connectivity index (χ4v) is 0.324. The molecule has 34 valence electrons. The molecule has 3 heteroatoms. The van der Waals surface area contributed by atoms with E-state index < -0.39 is 0 Å². The lowest BCUT2D eigenvalue weighted by Gasteiger charge is -1.80. The largest absolute Gasteiger partial charge is 0.385 e. The average Bonchev–Trinajstić information content (AvgIpc) is 1.86. The molecule has 0 fully saturated rings. The van der Waals surface area contributed by atoms with Crippen molar-refractivity contribution in [3.8, 4) is 0 Å². The Hall–Kier alpha value is -0.570. The summed E-state index contributed by atoms with van der Waals surface area (Å²) in [5.74, 6) is 0.606. The molecule has 0 bridgehead atoms. The summed E-state index contributed by atoms with van der Waals surface area (Å²) < 4.78 is 4.73. The molecule has 1 rings (SSSR count). The van der Waals surface area contributed by atoms with Gasteiger partial charge in [0.05, 0.1) is 0 Å². The summed E-state index contributed by atoms with van der Waals surface area (Å²) in [6.07, 6.45) is 0. The van der Waals surface area contributed by atoms with Crippen molar-refractivity contribution in [3.05, 3.63) is 0 Å². The molecule has 0 unspecified atom stereocenters. The maximum absolute atomic E-state index is 5.16. The lowest BCUT2D eigenvalue weighted by atomic mass is 10.7. The Balaban J connectivity index is 2.45. The van der Waals surface area contributed by atoms with Crippen LogP contribution in [0.5, 0.6) is 0 Å². The Morgan fingerprint density at radius 2 is 2.67 bits per heavy atom. The van der Waals surface area contributed by atoms with E-state index in [0.717, 1.165) is 0 Å². The van der Waals surface area contributed by atoms with Gasteiger partial charge in [-0.05, 0) is 0 Å². The second-order valence-corrected chi connectivity index (χ2v) is 1.13. The number of rotatable bonds is 0. The number of nitrogens with two attached hydrogens (primary N) is 1. The molecule has 0 saturated heterocycles. The van der Waals surface area contributed by atoms with Gasteiger partial charge in [-0.2, -0.15) is 0 Å². The van der Waals surface area contributed by atoms with Crippen LogP contribution in [0.4, 0.5) is 0 Å². The first-order valence-electron chi connectivity index (χ1n) is 1.76. The van der Waals surface area contributed by atoms with E-state index in [1.807, 2.05) is 0 Å². The number of nitrogens with zero attached hydrogens (tertiary/aromatic N) is 1. The van der Waals surface area contributed by atoms with E-state index in [9.17, 15) is 0 Å². The van der Waals surface area contributed by atoms with E-state index in [2.05, 4.69) is 4.99 Å². The van der Waals surface area contributed by atoms with Gasteiger partial charge in [0.1, 0.15) is 19.2 Å². The third kappa shape index (κ3) is 0.490. The van der Waals surface area contributed by atoms with Crippen molar-refractivity contribution in [1.29, 1.82) is 0 Å². The predicted molar refractivity (Wildman–Crippen MR) is 22.4 cm³/mol. The van der Waals surface area contributed by atoms with Crippen molar-refractivity contribution in [2.45, 2.75) is 0 Å². The van der Waals surface area contributed by atoms with Crippen LogP contribution in [-0.4, -0.2) is 19.2 Å². The van der Waals surface area contributed by atoms with Crippen LogP contribution in [0.3, 0.4) is 0 Å². The first kappa shape index (κ1) is 3.61. The van der Waals surface area contributed by atoms with Gasteiger partial charge in [0.2, 0.25) is 0 Å². The highest BCUT2D eigenvalue weighted by atomic mass is 16.5. The molecule has 3 nitrogen and oxygen atoms in total. The quantitative estimate of drug-likeness (QED) is 0.425. The van der Waals surface area contributed by atoms with Crippen LogP contribution in [0, 0.1) is 0 Å². The summed E-state index contributed by atoms with van der Waals surface area (Å²) in [5.41, 5.74) is 5.16. The SMILES string of the molecule is NC1=NCOC1. The van der Waals surface area contributed by atoms with Crippen LogP contribution in [0.25, 0.3) is 0 Å². The zero-order valence-electron chi connectivity index (χ0n) is 3.35. The topological polar surface area (TPSA) is 47.6 Å². The van der Waals surface area contributed by atoms with Gasteiger partial charge in [-0.3, -0.25) is 0 Å². The molecule has 1 heterocycles. The zero-order valence-corrected chi connectivity index (χ0v) is 3.35. The highest BCUT2D eigenvalue weighted by Gasteiger charge is 1.96. The van der Waals surface area contributed by atoms with Gasteiger partial charge in [-0.25, -0.2) is 4.99 Å². The van der Waals surface area contributed by atoms with Crippen molar-refractivity contribution in [1.82, 2.24) is 0 Å². The third-order valence-corrected chi connectivity index (χ3v) is 0.609. The van der Waals surface area contributed by atoms with E-state index in [4.69, 9.17) is 10.5 Å². The van der Waals surface area contributed by atoms with Crippen LogP contribution >= 0.6 is 0 Å². The molecule has 0 atom stereocenters. The smallest absolute Gasteiger partial charge is 0.140 e. The molecule has 2 N–H and O–H groups in total. The first-order valence-corrected chi connectivity index (χ1v) is 1.76. The van der Waals surface area contributed by atoms with E-state index in [1.165, 1.54) is 0 Å². The molecule has 0 amide bonds. The van der Waals surface area contributed by atoms with Crippen molar-refractivity contribution < 1.29 is 4.74 Å². The van der Waals surface area contributed by atoms with Crippen molar-refractivity contribution in [3.63, 3.8) is 0 Å². The standard InChI is InChI=1S/C3H6N2O/c4-3-1-6-2-5-3/h1-2H2,(H2,4,5). The Bertz CT molecular complexity index is 78.9. The monoisotopic (exact) mass is 86.0 g/mol. The molecular formula is C3H6N2O. The van der Waals surface area contributed by atoms with Crippen LogP contribution in [0.1, 0.15) is 0 Å². The number of aliphatic imine (C=N–C) groups is 1. The number of hydrogen-bond donors (Lipinski definition) is 1. The van der Waals surface area contributed by atoms with Crippen molar-refractivity contribution in [2.75, 3.05) is 13.3 Å². The number of amidine groups is 1. The summed E-state index contributed by atoms with van der Waals surface area (Å²) in [6, 6.07) is 0. The Kier molecular flexibility index (Phi) is 0.759. The highest BCUT2D eigenvalue weighted by Crippen LogP contribution is 1.84. The molecule has 0 spiro atoms. The predicted octanol–water partition coefficient (Wildman–Crippen LogP) is -0.669. The molecule has 6 heavy (non-hydrogen) atoms. The van der Waals surface area contributed by atoms with E-state index in [1.54, 1.807) is 0 Å². The number of ether oxygens (including phenoxy) is 1. The van der Waals surface area contributed by atoms with Gasteiger partial charge in [0, 0.05) is 0 Å². The van der Waals surface area contributed by atoms with Gasteiger partial charge >= 0.3 is 0 Å². The summed E-state index contributed by atoms with van der Waals surface area (Å²) in [4.78, 5) is 3.71. The highest BCUT2D eigenvalue weighted by molar-refractivity contribution is 5.82. The zero-order chi connectivity index (χ0) is 4.41. The lowest BCUT2D eigenvalue weighted by Crippen LogP contribution is -2.11. The van der Waals surface area contributed by atoms with Gasteiger partial charge in [0.25, 0.3) is 0 Å². The minimum atomic E-state index is 0.450. The Morgan fingerprint density at radius 3 is 2.83 bits per heavy atom. The fraction of sp³-hybridized carbons (Fsp3) is 0.667. The van der Waals surface area contributed by atoms with E-state index in [0.29, 0.717) is 19.2 Å². The molecule has 0 saturated carbocycles. The molecule has 1 aliphatic heterocycles. The maximum Gasteiger partial charge on any atom is 0.140 e. The summed E-state index contributed by atoms with van der Waals surface area (Å²) in [6.45, 7) is 0.964. The maximum atomic E-state index is 5.16.